The minimum atomic E-state index is -4.39. The third-order valence-corrected chi connectivity index (χ3v) is 2.52. The number of nitrogens with one attached hydrogen (secondary N) is 2. The molecule has 1 rings (SSSR count). The number of hydrogen-bond donors (Lipinski definition) is 2. The second kappa shape index (κ2) is 5.73. The molecular formula is C14H19F3N2O. The lowest BCUT2D eigenvalue weighted by molar-refractivity contribution is -0.137. The Bertz CT molecular complexity index is 490. The lowest BCUT2D eigenvalue weighted by atomic mass is 10.1. The summed E-state index contributed by atoms with van der Waals surface area (Å²) < 4.78 is 37.8. The first kappa shape index (κ1) is 16.3. The third kappa shape index (κ3) is 5.11. The van der Waals surface area contributed by atoms with Crippen LogP contribution in [0.15, 0.2) is 18.2 Å². The molecular weight excluding hydrogens is 269 g/mol. The maximum atomic E-state index is 12.6. The highest BCUT2D eigenvalue weighted by Gasteiger charge is 2.30. The van der Waals surface area contributed by atoms with Crippen LogP contribution < -0.4 is 10.6 Å². The number of alkyl halides is 3. The summed E-state index contributed by atoms with van der Waals surface area (Å²) in [6.07, 6.45) is -4.39. The van der Waals surface area contributed by atoms with E-state index in [1.807, 2.05) is 20.8 Å². The molecule has 0 aliphatic carbocycles. The van der Waals surface area contributed by atoms with Crippen LogP contribution in [0.2, 0.25) is 0 Å². The minimum absolute atomic E-state index is 0.0700. The Kier molecular flexibility index (Phi) is 4.68. The fraction of sp³-hybridized carbons (Fsp3) is 0.500. The molecule has 0 saturated heterocycles. The lowest BCUT2D eigenvalue weighted by Crippen LogP contribution is -2.43. The molecule has 0 aliphatic heterocycles. The van der Waals surface area contributed by atoms with Gasteiger partial charge in [0.15, 0.2) is 0 Å². The van der Waals surface area contributed by atoms with Gasteiger partial charge in [-0.2, -0.15) is 13.2 Å². The van der Waals surface area contributed by atoms with Gasteiger partial charge in [-0.1, -0.05) is 6.07 Å². The summed E-state index contributed by atoms with van der Waals surface area (Å²) >= 11 is 0. The van der Waals surface area contributed by atoms with Crippen LogP contribution in [0.5, 0.6) is 0 Å². The summed E-state index contributed by atoms with van der Waals surface area (Å²) in [7, 11) is 0. The molecule has 0 aliphatic rings. The number of halogens is 3. The fourth-order valence-electron chi connectivity index (χ4n) is 1.63. The quantitative estimate of drug-likeness (QED) is 0.895. The van der Waals surface area contributed by atoms with Crippen LogP contribution in [0.1, 0.15) is 31.9 Å². The van der Waals surface area contributed by atoms with E-state index in [2.05, 4.69) is 10.6 Å². The Morgan fingerprint density at radius 3 is 2.30 bits per heavy atom. The molecule has 0 fully saturated rings. The maximum Gasteiger partial charge on any atom is 0.416 e. The zero-order valence-corrected chi connectivity index (χ0v) is 12.0. The Morgan fingerprint density at radius 2 is 1.80 bits per heavy atom. The molecule has 3 nitrogen and oxygen atoms in total. The summed E-state index contributed by atoms with van der Waals surface area (Å²) in [6, 6.07) is 3.42. The smallest absolute Gasteiger partial charge is 0.376 e. The zero-order chi connectivity index (χ0) is 15.6. The van der Waals surface area contributed by atoms with E-state index in [0.717, 1.165) is 12.1 Å². The summed E-state index contributed by atoms with van der Waals surface area (Å²) in [6.45, 7) is 7.12. The summed E-state index contributed by atoms with van der Waals surface area (Å²) in [5.41, 5.74) is -0.144. The minimum Gasteiger partial charge on any atom is -0.376 e. The van der Waals surface area contributed by atoms with Gasteiger partial charge in [0.2, 0.25) is 5.91 Å². The molecule has 0 bridgehead atoms. The van der Waals surface area contributed by atoms with Gasteiger partial charge in [-0.3, -0.25) is 4.79 Å². The Hall–Kier alpha value is -1.72. The molecule has 0 aromatic heterocycles. The van der Waals surface area contributed by atoms with Crippen LogP contribution in [0.25, 0.3) is 0 Å². The number of hydrogen-bond acceptors (Lipinski definition) is 2. The summed E-state index contributed by atoms with van der Waals surface area (Å²) in [5.74, 6) is -0.269. The molecule has 20 heavy (non-hydrogen) atoms. The van der Waals surface area contributed by atoms with Crippen molar-refractivity contribution < 1.29 is 18.0 Å². The van der Waals surface area contributed by atoms with Crippen molar-refractivity contribution in [3.63, 3.8) is 0 Å². The molecule has 0 atom stereocenters. The molecule has 1 aromatic carbocycles. The molecule has 2 N–H and O–H groups in total. The van der Waals surface area contributed by atoms with E-state index in [4.69, 9.17) is 0 Å². The topological polar surface area (TPSA) is 41.1 Å². The van der Waals surface area contributed by atoms with Crippen molar-refractivity contribution in [1.82, 2.24) is 5.32 Å². The highest BCUT2D eigenvalue weighted by molar-refractivity contribution is 5.81. The van der Waals surface area contributed by atoms with Crippen molar-refractivity contribution in [3.8, 4) is 0 Å². The number of carbonyl (C=O) groups excluding carboxylic acids is 1. The lowest BCUT2D eigenvalue weighted by Gasteiger charge is -2.21. The number of carbonyl (C=O) groups is 1. The van der Waals surface area contributed by atoms with Gasteiger partial charge in [-0.05, 0) is 45.4 Å². The molecule has 1 amide bonds. The Morgan fingerprint density at radius 1 is 1.20 bits per heavy atom. The standard InChI is InChI=1S/C14H19F3N2O/c1-9-5-6-10(14(15,16)17)7-11(9)18-8-12(20)19-13(2,3)4/h5-7,18H,8H2,1-4H3,(H,19,20). The molecule has 0 saturated carbocycles. The van der Waals surface area contributed by atoms with Crippen LogP contribution in [0, 0.1) is 6.92 Å². The van der Waals surface area contributed by atoms with E-state index in [9.17, 15) is 18.0 Å². The van der Waals surface area contributed by atoms with Crippen molar-refractivity contribution in [2.45, 2.75) is 39.4 Å². The van der Waals surface area contributed by atoms with Gasteiger partial charge in [0.25, 0.3) is 0 Å². The fourth-order valence-corrected chi connectivity index (χ4v) is 1.63. The highest BCUT2D eigenvalue weighted by atomic mass is 19.4. The Balaban J connectivity index is 2.75. The Labute approximate surface area is 116 Å². The van der Waals surface area contributed by atoms with Crippen molar-refractivity contribution in [3.05, 3.63) is 29.3 Å². The number of aryl methyl sites for hydroxylation is 1. The monoisotopic (exact) mass is 288 g/mol. The normalized spacial score (nSPS) is 12.2. The molecule has 0 unspecified atom stereocenters. The van der Waals surface area contributed by atoms with Crippen molar-refractivity contribution in [2.24, 2.45) is 0 Å². The predicted octanol–water partition coefficient (Wildman–Crippen LogP) is 3.34. The van der Waals surface area contributed by atoms with Gasteiger partial charge >= 0.3 is 6.18 Å². The van der Waals surface area contributed by atoms with Crippen molar-refractivity contribution in [2.75, 3.05) is 11.9 Å². The first-order valence-electron chi connectivity index (χ1n) is 6.22. The van der Waals surface area contributed by atoms with Crippen LogP contribution in [0.3, 0.4) is 0 Å². The molecule has 0 heterocycles. The molecule has 0 spiro atoms. The van der Waals surface area contributed by atoms with Crippen LogP contribution >= 0.6 is 0 Å². The highest BCUT2D eigenvalue weighted by Crippen LogP contribution is 2.31. The third-order valence-electron chi connectivity index (χ3n) is 2.52. The second-order valence-electron chi connectivity index (χ2n) is 5.68. The predicted molar refractivity (Wildman–Crippen MR) is 72.6 cm³/mol. The van der Waals surface area contributed by atoms with Crippen molar-refractivity contribution >= 4 is 11.6 Å². The molecule has 1 aromatic rings. The molecule has 0 radical (unpaired) electrons. The van der Waals surface area contributed by atoms with Crippen LogP contribution in [0.4, 0.5) is 18.9 Å². The van der Waals surface area contributed by atoms with E-state index in [1.165, 1.54) is 6.07 Å². The van der Waals surface area contributed by atoms with Gasteiger partial charge in [0.05, 0.1) is 12.1 Å². The van der Waals surface area contributed by atoms with Crippen LogP contribution in [-0.2, 0) is 11.0 Å². The average molecular weight is 288 g/mol. The molecule has 6 heteroatoms. The zero-order valence-electron chi connectivity index (χ0n) is 12.0. The summed E-state index contributed by atoms with van der Waals surface area (Å²) in [4.78, 5) is 11.6. The second-order valence-corrected chi connectivity index (χ2v) is 5.68. The van der Waals surface area contributed by atoms with Gasteiger partial charge in [0, 0.05) is 11.2 Å². The SMILES string of the molecule is Cc1ccc(C(F)(F)F)cc1NCC(=O)NC(C)(C)C. The van der Waals surface area contributed by atoms with Crippen molar-refractivity contribution in [1.29, 1.82) is 0 Å². The van der Waals surface area contributed by atoms with E-state index in [0.29, 0.717) is 11.3 Å². The average Bonchev–Trinajstić information content (AvgIpc) is 2.24. The van der Waals surface area contributed by atoms with Crippen LogP contribution in [-0.4, -0.2) is 18.0 Å². The number of anilines is 1. The van der Waals surface area contributed by atoms with E-state index in [-0.39, 0.29) is 18.0 Å². The van der Waals surface area contributed by atoms with Gasteiger partial charge < -0.3 is 10.6 Å². The number of benzene rings is 1. The van der Waals surface area contributed by atoms with Gasteiger partial charge in [-0.15, -0.1) is 0 Å². The summed E-state index contributed by atoms with van der Waals surface area (Å²) in [5, 5.41) is 5.47. The largest absolute Gasteiger partial charge is 0.416 e. The number of amides is 1. The van der Waals surface area contributed by atoms with E-state index in [1.54, 1.807) is 6.92 Å². The van der Waals surface area contributed by atoms with Gasteiger partial charge in [-0.25, -0.2) is 0 Å². The van der Waals surface area contributed by atoms with E-state index >= 15 is 0 Å². The maximum absolute atomic E-state index is 12.6. The van der Waals surface area contributed by atoms with E-state index < -0.39 is 11.7 Å². The first-order chi connectivity index (χ1) is 8.99. The first-order valence-corrected chi connectivity index (χ1v) is 6.22. The van der Waals surface area contributed by atoms with Gasteiger partial charge in [0.1, 0.15) is 0 Å². The number of rotatable bonds is 3. The molecule has 112 valence electrons.